The second-order valence-electron chi connectivity index (χ2n) is 7.52. The lowest BCUT2D eigenvalue weighted by Crippen LogP contribution is -2.24. The Balaban J connectivity index is 2.31. The molecule has 0 unspecified atom stereocenters. The number of hydrogen-bond donors (Lipinski definition) is 2. The molecule has 8 nitrogen and oxygen atoms in total. The van der Waals surface area contributed by atoms with Crippen molar-refractivity contribution < 1.29 is 0 Å². The molecule has 168 valence electrons. The van der Waals surface area contributed by atoms with Gasteiger partial charge in [0.25, 0.3) is 0 Å². The summed E-state index contributed by atoms with van der Waals surface area (Å²) in [5, 5.41) is 18.6. The summed E-state index contributed by atoms with van der Waals surface area (Å²) in [6.07, 6.45) is 15.7. The molecule has 0 aromatic carbocycles. The van der Waals surface area contributed by atoms with Gasteiger partial charge in [0.05, 0.1) is 35.9 Å². The minimum absolute atomic E-state index is 0.337. The zero-order valence-corrected chi connectivity index (χ0v) is 19.1. The first-order chi connectivity index (χ1) is 15.1. The van der Waals surface area contributed by atoms with Gasteiger partial charge >= 0.3 is 0 Å². The third-order valence-corrected chi connectivity index (χ3v) is 5.29. The summed E-state index contributed by atoms with van der Waals surface area (Å²) >= 11 is 0. The Kier molecular flexibility index (Phi) is 9.87. The van der Waals surface area contributed by atoms with Crippen molar-refractivity contribution in [1.29, 1.82) is 5.41 Å². The van der Waals surface area contributed by atoms with Crippen molar-refractivity contribution in [2.24, 2.45) is 10.2 Å². The van der Waals surface area contributed by atoms with Gasteiger partial charge in [-0.1, -0.05) is 32.0 Å². The molecule has 0 aliphatic carbocycles. The molecule has 1 aliphatic heterocycles. The van der Waals surface area contributed by atoms with Gasteiger partial charge in [-0.05, 0) is 32.1 Å². The first kappa shape index (κ1) is 24.2. The standard InChI is InChI=1S/C23H35N7O/c1-5-10-22-23(19-15-26-30(16-19)20(6-2)7-3)28-21(17-29(22)4)18(13-24)14-25-11-8-9-12-27-31/h10,13-17,20,24-25H,5-9,11-12H2,1-4H3/b18-14+,22-10-,24-13?. The normalized spacial score (nSPS) is 15.8. The van der Waals surface area contributed by atoms with Gasteiger partial charge in [-0.2, -0.15) is 10.0 Å². The van der Waals surface area contributed by atoms with Crippen LogP contribution >= 0.6 is 0 Å². The summed E-state index contributed by atoms with van der Waals surface area (Å²) in [7, 11) is 2.00. The van der Waals surface area contributed by atoms with E-state index in [4.69, 9.17) is 10.4 Å². The highest BCUT2D eigenvalue weighted by molar-refractivity contribution is 6.13. The van der Waals surface area contributed by atoms with E-state index >= 15 is 0 Å². The molecule has 0 spiro atoms. The highest BCUT2D eigenvalue weighted by Crippen LogP contribution is 2.25. The van der Waals surface area contributed by atoms with Crippen LogP contribution in [-0.2, 0) is 0 Å². The van der Waals surface area contributed by atoms with Crippen molar-refractivity contribution in [3.63, 3.8) is 0 Å². The number of unbranched alkanes of at least 4 members (excludes halogenated alkanes) is 1. The summed E-state index contributed by atoms with van der Waals surface area (Å²) in [4.78, 5) is 17.2. The van der Waals surface area contributed by atoms with Crippen LogP contribution in [0.1, 0.15) is 64.5 Å². The van der Waals surface area contributed by atoms with E-state index in [0.29, 0.717) is 18.2 Å². The molecule has 1 aliphatic rings. The lowest BCUT2D eigenvalue weighted by Gasteiger charge is -2.26. The lowest BCUT2D eigenvalue weighted by molar-refractivity contribution is 0.428. The predicted octanol–water partition coefficient (Wildman–Crippen LogP) is 4.78. The van der Waals surface area contributed by atoms with Crippen molar-refractivity contribution in [2.75, 3.05) is 20.1 Å². The van der Waals surface area contributed by atoms with Crippen LogP contribution < -0.4 is 5.32 Å². The fourth-order valence-electron chi connectivity index (χ4n) is 3.51. The average Bonchev–Trinajstić information content (AvgIpc) is 3.25. The Morgan fingerprint density at radius 1 is 1.29 bits per heavy atom. The van der Waals surface area contributed by atoms with E-state index < -0.39 is 0 Å². The van der Waals surface area contributed by atoms with E-state index in [2.05, 4.69) is 53.5 Å². The highest BCUT2D eigenvalue weighted by atomic mass is 16.3. The smallest absolute Gasteiger partial charge is 0.0974 e. The maximum absolute atomic E-state index is 10.2. The van der Waals surface area contributed by atoms with Gasteiger partial charge in [-0.15, -0.1) is 0 Å². The number of nitroso groups, excluding NO2 is 1. The first-order valence-corrected chi connectivity index (χ1v) is 11.1. The molecule has 1 aromatic rings. The fourth-order valence-corrected chi connectivity index (χ4v) is 3.51. The average molecular weight is 426 g/mol. The van der Waals surface area contributed by atoms with Gasteiger partial charge in [0.2, 0.25) is 0 Å². The quantitative estimate of drug-likeness (QED) is 0.270. The number of allylic oxidation sites excluding steroid dienone is 3. The summed E-state index contributed by atoms with van der Waals surface area (Å²) in [6, 6.07) is 0.375. The molecule has 0 bridgehead atoms. The second kappa shape index (κ2) is 12.6. The molecule has 0 radical (unpaired) electrons. The molecule has 8 heteroatoms. The van der Waals surface area contributed by atoms with Gasteiger partial charge < -0.3 is 15.6 Å². The Labute approximate surface area is 185 Å². The zero-order chi connectivity index (χ0) is 22.6. The number of nitrogens with one attached hydrogen (secondary N) is 2. The van der Waals surface area contributed by atoms with Crippen LogP contribution in [0.2, 0.25) is 0 Å². The number of hydrogen-bond acceptors (Lipinski definition) is 7. The van der Waals surface area contributed by atoms with E-state index in [1.807, 2.05) is 30.3 Å². The zero-order valence-electron chi connectivity index (χ0n) is 19.1. The molecular formula is C23H35N7O. The third-order valence-electron chi connectivity index (χ3n) is 5.29. The van der Waals surface area contributed by atoms with E-state index in [1.165, 1.54) is 6.21 Å². The van der Waals surface area contributed by atoms with Gasteiger partial charge in [-0.25, -0.2) is 4.99 Å². The van der Waals surface area contributed by atoms with Gasteiger partial charge in [-0.3, -0.25) is 4.68 Å². The Morgan fingerprint density at radius 3 is 2.71 bits per heavy atom. The topological polar surface area (TPSA) is 98.7 Å². The van der Waals surface area contributed by atoms with Crippen LogP contribution in [0.4, 0.5) is 0 Å². The van der Waals surface area contributed by atoms with Crippen LogP contribution in [0, 0.1) is 10.3 Å². The van der Waals surface area contributed by atoms with Crippen molar-refractivity contribution in [1.82, 2.24) is 20.0 Å². The van der Waals surface area contributed by atoms with E-state index in [1.54, 1.807) is 0 Å². The maximum atomic E-state index is 10.2. The van der Waals surface area contributed by atoms with Crippen molar-refractivity contribution in [3.05, 3.63) is 58.3 Å². The Hall–Kier alpha value is -3.03. The monoisotopic (exact) mass is 425 g/mol. The summed E-state index contributed by atoms with van der Waals surface area (Å²) < 4.78 is 2.03. The van der Waals surface area contributed by atoms with Crippen LogP contribution in [0.15, 0.2) is 58.0 Å². The fraction of sp³-hybridized carbons (Fsp3) is 0.522. The van der Waals surface area contributed by atoms with Crippen LogP contribution in [0.25, 0.3) is 0 Å². The van der Waals surface area contributed by atoms with Crippen molar-refractivity contribution in [3.8, 4) is 0 Å². The molecule has 0 atom stereocenters. The molecule has 0 fully saturated rings. The Morgan fingerprint density at radius 2 is 2.06 bits per heavy atom. The third kappa shape index (κ3) is 6.47. The SMILES string of the molecule is CC/C=C1/C(c2cnn(C(CC)CC)c2)=NC(/C(C=N)=C/NCCCCN=O)=CN1C. The van der Waals surface area contributed by atoms with Gasteiger partial charge in [0.1, 0.15) is 0 Å². The molecule has 2 rings (SSSR count). The molecule has 2 N–H and O–H groups in total. The van der Waals surface area contributed by atoms with Crippen LogP contribution in [0.5, 0.6) is 0 Å². The van der Waals surface area contributed by atoms with E-state index in [-0.39, 0.29) is 0 Å². The molecule has 0 amide bonds. The number of nitrogens with zero attached hydrogens (tertiary/aromatic N) is 5. The second-order valence-corrected chi connectivity index (χ2v) is 7.52. The minimum Gasteiger partial charge on any atom is -0.390 e. The predicted molar refractivity (Wildman–Crippen MR) is 127 cm³/mol. The van der Waals surface area contributed by atoms with E-state index in [0.717, 1.165) is 61.3 Å². The molecule has 0 saturated heterocycles. The number of aromatic nitrogens is 2. The summed E-state index contributed by atoms with van der Waals surface area (Å²) in [6.45, 7) is 7.51. The van der Waals surface area contributed by atoms with Crippen molar-refractivity contribution in [2.45, 2.75) is 58.9 Å². The molecule has 31 heavy (non-hydrogen) atoms. The van der Waals surface area contributed by atoms with Crippen molar-refractivity contribution >= 4 is 11.9 Å². The molecule has 2 heterocycles. The van der Waals surface area contributed by atoms with Gasteiger partial charge in [0, 0.05) is 49.5 Å². The minimum atomic E-state index is 0.337. The maximum Gasteiger partial charge on any atom is 0.0974 e. The molecule has 0 saturated carbocycles. The van der Waals surface area contributed by atoms with Gasteiger partial charge in [0.15, 0.2) is 0 Å². The first-order valence-electron chi connectivity index (χ1n) is 11.1. The van der Waals surface area contributed by atoms with Crippen LogP contribution in [-0.4, -0.2) is 46.7 Å². The van der Waals surface area contributed by atoms with Crippen LogP contribution in [0.3, 0.4) is 0 Å². The number of rotatable bonds is 13. The highest BCUT2D eigenvalue weighted by Gasteiger charge is 2.22. The number of aliphatic imine (C=N–C) groups is 1. The molecule has 1 aromatic heterocycles. The summed E-state index contributed by atoms with van der Waals surface area (Å²) in [5.41, 5.74) is 4.29. The molecular weight excluding hydrogens is 390 g/mol. The number of likely N-dealkylation sites (N-methyl/N-ethyl adjacent to an activating group) is 1. The summed E-state index contributed by atoms with van der Waals surface area (Å²) in [5.74, 6) is 0. The van der Waals surface area contributed by atoms with E-state index in [9.17, 15) is 4.91 Å². The largest absolute Gasteiger partial charge is 0.390 e. The Bertz CT molecular complexity index is 859. The lowest BCUT2D eigenvalue weighted by atomic mass is 10.1.